The third-order valence-electron chi connectivity index (χ3n) is 2.72. The largest absolute Gasteiger partial charge is 0.178 e. The predicted octanol–water partition coefficient (Wildman–Crippen LogP) is 2.27. The van der Waals surface area contributed by atoms with Crippen molar-refractivity contribution in [1.29, 1.82) is 0 Å². The summed E-state index contributed by atoms with van der Waals surface area (Å²) in [4.78, 5) is 0. The maximum atomic E-state index is 4.36. The maximum Gasteiger partial charge on any atom is -0.000623 e. The molecule has 2 aliphatic carbocycles. The van der Waals surface area contributed by atoms with Gasteiger partial charge in [0.2, 0.25) is 0 Å². The lowest BCUT2D eigenvalue weighted by Crippen LogP contribution is -2.12. The van der Waals surface area contributed by atoms with Crippen molar-refractivity contribution in [3.63, 3.8) is 0 Å². The summed E-state index contributed by atoms with van der Waals surface area (Å²) in [5.41, 5.74) is 0.535. The van der Waals surface area contributed by atoms with Crippen LogP contribution in [-0.2, 0) is 0 Å². The van der Waals surface area contributed by atoms with E-state index in [-0.39, 0.29) is 0 Å². The molecular formula is C8H12S. The monoisotopic (exact) mass is 140 g/mol. The number of allylic oxidation sites excluding steroid dienone is 2. The second-order valence-electron chi connectivity index (χ2n) is 3.38. The lowest BCUT2D eigenvalue weighted by molar-refractivity contribution is 0.467. The first-order chi connectivity index (χ1) is 4.35. The van der Waals surface area contributed by atoms with Crippen molar-refractivity contribution in [1.82, 2.24) is 0 Å². The number of fused-ring (bicyclic) bond motifs is 2. The Morgan fingerprint density at radius 1 is 1.67 bits per heavy atom. The molecule has 2 unspecified atom stereocenters. The molecular weight excluding hydrogens is 128 g/mol. The molecule has 0 nitrogen and oxygen atoms in total. The normalized spacial score (nSPS) is 46.6. The second-order valence-corrected chi connectivity index (χ2v) is 3.70. The summed E-state index contributed by atoms with van der Waals surface area (Å²) in [5, 5.41) is 0. The molecule has 0 saturated heterocycles. The van der Waals surface area contributed by atoms with E-state index in [1.807, 2.05) is 0 Å². The SMILES string of the molecule is SCC12C=CC(CC1)C2. The van der Waals surface area contributed by atoms with Crippen LogP contribution in [0.1, 0.15) is 19.3 Å². The van der Waals surface area contributed by atoms with Crippen LogP contribution in [0, 0.1) is 11.3 Å². The first-order valence-corrected chi connectivity index (χ1v) is 4.28. The van der Waals surface area contributed by atoms with Gasteiger partial charge in [-0.05, 0) is 36.3 Å². The zero-order valence-corrected chi connectivity index (χ0v) is 6.40. The van der Waals surface area contributed by atoms with Crippen molar-refractivity contribution in [3.05, 3.63) is 12.2 Å². The fourth-order valence-corrected chi connectivity index (χ4v) is 2.44. The van der Waals surface area contributed by atoms with Gasteiger partial charge in [0.1, 0.15) is 0 Å². The minimum atomic E-state index is 0.535. The van der Waals surface area contributed by atoms with Gasteiger partial charge in [0.25, 0.3) is 0 Å². The Morgan fingerprint density at radius 3 is 2.78 bits per heavy atom. The molecule has 0 N–H and O–H groups in total. The molecule has 1 fully saturated rings. The molecule has 0 radical (unpaired) electrons. The first kappa shape index (κ1) is 5.84. The van der Waals surface area contributed by atoms with Crippen LogP contribution in [0.25, 0.3) is 0 Å². The van der Waals surface area contributed by atoms with E-state index >= 15 is 0 Å². The Bertz CT molecular complexity index is 151. The molecule has 0 amide bonds. The third-order valence-corrected chi connectivity index (χ3v) is 3.35. The highest BCUT2D eigenvalue weighted by Crippen LogP contribution is 2.49. The molecule has 1 heteroatoms. The van der Waals surface area contributed by atoms with E-state index in [4.69, 9.17) is 0 Å². The zero-order valence-electron chi connectivity index (χ0n) is 5.51. The van der Waals surface area contributed by atoms with E-state index < -0.39 is 0 Å². The van der Waals surface area contributed by atoms with Gasteiger partial charge in [0.05, 0.1) is 0 Å². The minimum Gasteiger partial charge on any atom is -0.178 e. The van der Waals surface area contributed by atoms with E-state index in [0.717, 1.165) is 11.7 Å². The smallest absolute Gasteiger partial charge is 0.000623 e. The minimum absolute atomic E-state index is 0.535. The summed E-state index contributed by atoms with van der Waals surface area (Å²) < 4.78 is 0. The van der Waals surface area contributed by atoms with Crippen LogP contribution in [0.4, 0.5) is 0 Å². The van der Waals surface area contributed by atoms with Crippen LogP contribution < -0.4 is 0 Å². The quantitative estimate of drug-likeness (QED) is 0.419. The number of rotatable bonds is 1. The van der Waals surface area contributed by atoms with E-state index in [0.29, 0.717) is 5.41 Å². The topological polar surface area (TPSA) is 0 Å². The van der Waals surface area contributed by atoms with Crippen molar-refractivity contribution >= 4 is 12.6 Å². The molecule has 0 heterocycles. The highest BCUT2D eigenvalue weighted by Gasteiger charge is 2.39. The average Bonchev–Trinajstić information content (AvgIpc) is 2.46. The lowest BCUT2D eigenvalue weighted by atomic mass is 9.91. The summed E-state index contributed by atoms with van der Waals surface area (Å²) in [6.07, 6.45) is 8.94. The van der Waals surface area contributed by atoms with Gasteiger partial charge < -0.3 is 0 Å². The van der Waals surface area contributed by atoms with Crippen molar-refractivity contribution in [2.24, 2.45) is 11.3 Å². The zero-order chi connectivity index (χ0) is 6.32. The Hall–Kier alpha value is 0.0900. The van der Waals surface area contributed by atoms with E-state index in [9.17, 15) is 0 Å². The van der Waals surface area contributed by atoms with Gasteiger partial charge in [-0.25, -0.2) is 0 Å². The average molecular weight is 140 g/mol. The van der Waals surface area contributed by atoms with Gasteiger partial charge in [-0.1, -0.05) is 12.2 Å². The highest BCUT2D eigenvalue weighted by molar-refractivity contribution is 7.80. The van der Waals surface area contributed by atoms with E-state index in [1.54, 1.807) is 0 Å². The van der Waals surface area contributed by atoms with E-state index in [2.05, 4.69) is 24.8 Å². The number of thiol groups is 1. The maximum absolute atomic E-state index is 4.36. The van der Waals surface area contributed by atoms with Crippen molar-refractivity contribution in [3.8, 4) is 0 Å². The van der Waals surface area contributed by atoms with Gasteiger partial charge in [0, 0.05) is 0 Å². The van der Waals surface area contributed by atoms with E-state index in [1.165, 1.54) is 19.3 Å². The molecule has 50 valence electrons. The molecule has 0 aliphatic heterocycles. The van der Waals surface area contributed by atoms with Gasteiger partial charge in [0.15, 0.2) is 0 Å². The van der Waals surface area contributed by atoms with Crippen molar-refractivity contribution in [2.75, 3.05) is 5.75 Å². The van der Waals surface area contributed by atoms with Crippen molar-refractivity contribution in [2.45, 2.75) is 19.3 Å². The summed E-state index contributed by atoms with van der Waals surface area (Å²) in [6.45, 7) is 0. The van der Waals surface area contributed by atoms with Gasteiger partial charge in [-0.15, -0.1) is 0 Å². The molecule has 0 aromatic rings. The molecule has 2 aliphatic rings. The molecule has 9 heavy (non-hydrogen) atoms. The fraction of sp³-hybridized carbons (Fsp3) is 0.750. The van der Waals surface area contributed by atoms with Crippen molar-refractivity contribution < 1.29 is 0 Å². The molecule has 0 aromatic heterocycles. The fourth-order valence-electron chi connectivity index (χ4n) is 2.05. The van der Waals surface area contributed by atoms with Crippen LogP contribution in [-0.4, -0.2) is 5.75 Å². The van der Waals surface area contributed by atoms with Crippen LogP contribution >= 0.6 is 12.6 Å². The standard InChI is InChI=1S/C8H12S/c9-6-8-3-1-7(5-8)2-4-8/h1,3,7,9H,2,4-6H2. The van der Waals surface area contributed by atoms with Gasteiger partial charge >= 0.3 is 0 Å². The summed E-state index contributed by atoms with van der Waals surface area (Å²) in [6, 6.07) is 0. The van der Waals surface area contributed by atoms with Gasteiger partial charge in [-0.3, -0.25) is 0 Å². The first-order valence-electron chi connectivity index (χ1n) is 3.65. The third kappa shape index (κ3) is 0.743. The predicted molar refractivity (Wildman–Crippen MR) is 42.8 cm³/mol. The molecule has 2 bridgehead atoms. The molecule has 0 spiro atoms. The summed E-state index contributed by atoms with van der Waals surface area (Å²) in [7, 11) is 0. The van der Waals surface area contributed by atoms with Crippen LogP contribution in [0.5, 0.6) is 0 Å². The lowest BCUT2D eigenvalue weighted by Gasteiger charge is -2.19. The van der Waals surface area contributed by atoms with Crippen LogP contribution in [0.15, 0.2) is 12.2 Å². The number of hydrogen-bond acceptors (Lipinski definition) is 1. The summed E-state index contributed by atoms with van der Waals surface area (Å²) >= 11 is 4.36. The van der Waals surface area contributed by atoms with Crippen LogP contribution in [0.2, 0.25) is 0 Å². The molecule has 1 saturated carbocycles. The molecule has 0 aromatic carbocycles. The Morgan fingerprint density at radius 2 is 2.56 bits per heavy atom. The Labute approximate surface area is 61.7 Å². The van der Waals surface area contributed by atoms with Crippen LogP contribution in [0.3, 0.4) is 0 Å². The molecule has 2 atom stereocenters. The second kappa shape index (κ2) is 1.79. The summed E-state index contributed by atoms with van der Waals surface area (Å²) in [5.74, 6) is 1.97. The van der Waals surface area contributed by atoms with Gasteiger partial charge in [-0.2, -0.15) is 12.6 Å². The highest BCUT2D eigenvalue weighted by atomic mass is 32.1. The Balaban J connectivity index is 2.23. The number of hydrogen-bond donors (Lipinski definition) is 1. The molecule has 2 rings (SSSR count). The Kier molecular flexibility index (Phi) is 1.16.